The maximum absolute atomic E-state index is 8.65. The molecular weight excluding hydrogens is 170 g/mol. The van der Waals surface area contributed by atoms with E-state index in [0.717, 1.165) is 0 Å². The second kappa shape index (κ2) is 2.96. The first-order chi connectivity index (χ1) is 5.78. The van der Waals surface area contributed by atoms with Gasteiger partial charge in [0.25, 0.3) is 0 Å². The molecule has 13 heavy (non-hydrogen) atoms. The van der Waals surface area contributed by atoms with Crippen LogP contribution in [0.4, 0.5) is 0 Å². The van der Waals surface area contributed by atoms with E-state index in [0.29, 0.717) is 5.71 Å². The number of hydrogen-bond donors (Lipinski definition) is 1. The van der Waals surface area contributed by atoms with Gasteiger partial charge in [0.1, 0.15) is 6.10 Å². The van der Waals surface area contributed by atoms with E-state index < -0.39 is 11.4 Å². The summed E-state index contributed by atoms with van der Waals surface area (Å²) in [7, 11) is 0. The summed E-state index contributed by atoms with van der Waals surface area (Å²) in [5.74, 6) is -0.611. The topological polar surface area (TPSA) is 51.1 Å². The molecule has 0 spiro atoms. The SMILES string of the molecule is CC(=NO)C1OC(C)(C)OC1(C)C. The number of hydrogen-bond acceptors (Lipinski definition) is 4. The third-order valence-corrected chi connectivity index (χ3v) is 2.08. The maximum Gasteiger partial charge on any atom is 0.164 e. The van der Waals surface area contributed by atoms with E-state index in [1.165, 1.54) is 0 Å². The normalized spacial score (nSPS) is 32.1. The number of ether oxygens (including phenoxy) is 2. The molecule has 1 heterocycles. The Kier molecular flexibility index (Phi) is 2.38. The van der Waals surface area contributed by atoms with Gasteiger partial charge in [-0.3, -0.25) is 0 Å². The van der Waals surface area contributed by atoms with Crippen molar-refractivity contribution >= 4 is 5.71 Å². The lowest BCUT2D eigenvalue weighted by atomic mass is 9.99. The van der Waals surface area contributed by atoms with Crippen LogP contribution in [0.1, 0.15) is 34.6 Å². The van der Waals surface area contributed by atoms with Gasteiger partial charge in [-0.25, -0.2) is 0 Å². The summed E-state index contributed by atoms with van der Waals surface area (Å²) >= 11 is 0. The summed E-state index contributed by atoms with van der Waals surface area (Å²) in [4.78, 5) is 0. The molecule has 1 aliphatic heterocycles. The first-order valence-corrected chi connectivity index (χ1v) is 4.35. The van der Waals surface area contributed by atoms with Crippen LogP contribution < -0.4 is 0 Å². The Morgan fingerprint density at radius 3 is 2.15 bits per heavy atom. The van der Waals surface area contributed by atoms with Gasteiger partial charge in [0.15, 0.2) is 5.79 Å². The van der Waals surface area contributed by atoms with Gasteiger partial charge in [-0.2, -0.15) is 0 Å². The summed E-state index contributed by atoms with van der Waals surface area (Å²) in [5, 5.41) is 11.8. The Hall–Kier alpha value is -0.610. The summed E-state index contributed by atoms with van der Waals surface area (Å²) in [6.45, 7) is 9.25. The lowest BCUT2D eigenvalue weighted by Gasteiger charge is -2.23. The predicted molar refractivity (Wildman–Crippen MR) is 49.0 cm³/mol. The molecule has 76 valence electrons. The quantitative estimate of drug-likeness (QED) is 0.386. The highest BCUT2D eigenvalue weighted by Gasteiger charge is 2.48. The van der Waals surface area contributed by atoms with Crippen LogP contribution in [-0.2, 0) is 9.47 Å². The maximum atomic E-state index is 8.65. The van der Waals surface area contributed by atoms with Gasteiger partial charge >= 0.3 is 0 Å². The molecule has 1 saturated heterocycles. The first kappa shape index (κ1) is 10.5. The van der Waals surface area contributed by atoms with Crippen molar-refractivity contribution in [1.82, 2.24) is 0 Å². The number of oxime groups is 1. The van der Waals surface area contributed by atoms with E-state index in [1.54, 1.807) is 6.92 Å². The van der Waals surface area contributed by atoms with Crippen LogP contribution in [0.2, 0.25) is 0 Å². The van der Waals surface area contributed by atoms with Crippen molar-refractivity contribution in [3.63, 3.8) is 0 Å². The summed E-state index contributed by atoms with van der Waals surface area (Å²) < 4.78 is 11.3. The molecule has 1 N–H and O–H groups in total. The van der Waals surface area contributed by atoms with Gasteiger partial charge in [0.2, 0.25) is 0 Å². The molecule has 1 atom stereocenters. The molecule has 0 aromatic heterocycles. The molecule has 1 rings (SSSR count). The molecule has 0 radical (unpaired) electrons. The molecule has 0 amide bonds. The van der Waals surface area contributed by atoms with Crippen molar-refractivity contribution < 1.29 is 14.7 Å². The number of rotatable bonds is 1. The average Bonchev–Trinajstić information content (AvgIpc) is 2.17. The lowest BCUT2D eigenvalue weighted by Crippen LogP contribution is -2.38. The molecule has 0 saturated carbocycles. The zero-order chi connectivity index (χ0) is 10.3. The van der Waals surface area contributed by atoms with Crippen LogP contribution in [0.15, 0.2) is 5.16 Å². The van der Waals surface area contributed by atoms with E-state index in [2.05, 4.69) is 5.16 Å². The minimum absolute atomic E-state index is 0.285. The third kappa shape index (κ3) is 2.00. The zero-order valence-electron chi connectivity index (χ0n) is 8.79. The smallest absolute Gasteiger partial charge is 0.164 e. The van der Waals surface area contributed by atoms with E-state index in [9.17, 15) is 0 Å². The molecule has 0 aromatic carbocycles. The van der Waals surface area contributed by atoms with Crippen molar-refractivity contribution in [2.45, 2.75) is 52.1 Å². The van der Waals surface area contributed by atoms with Gasteiger partial charge in [0, 0.05) is 0 Å². The Labute approximate surface area is 78.5 Å². The van der Waals surface area contributed by atoms with Crippen molar-refractivity contribution in [2.24, 2.45) is 5.16 Å². The second-order valence-electron chi connectivity index (χ2n) is 4.34. The Bertz CT molecular complexity index is 233. The van der Waals surface area contributed by atoms with Gasteiger partial charge in [-0.1, -0.05) is 5.16 Å². The van der Waals surface area contributed by atoms with Gasteiger partial charge in [-0.15, -0.1) is 0 Å². The fraction of sp³-hybridized carbons (Fsp3) is 0.889. The molecule has 1 unspecified atom stereocenters. The molecule has 4 heteroatoms. The van der Waals surface area contributed by atoms with Crippen LogP contribution in [0.25, 0.3) is 0 Å². The van der Waals surface area contributed by atoms with Crippen molar-refractivity contribution in [2.75, 3.05) is 0 Å². The summed E-state index contributed by atoms with van der Waals surface area (Å²) in [5.41, 5.74) is 0.0929. The van der Waals surface area contributed by atoms with Crippen LogP contribution >= 0.6 is 0 Å². The van der Waals surface area contributed by atoms with Crippen molar-refractivity contribution in [3.05, 3.63) is 0 Å². The predicted octanol–water partition coefficient (Wildman–Crippen LogP) is 1.77. The summed E-state index contributed by atoms with van der Waals surface area (Å²) in [6.07, 6.45) is -0.285. The summed E-state index contributed by atoms with van der Waals surface area (Å²) in [6, 6.07) is 0. The molecular formula is C9H17NO3. The Morgan fingerprint density at radius 2 is 1.85 bits per heavy atom. The van der Waals surface area contributed by atoms with E-state index in [-0.39, 0.29) is 6.10 Å². The van der Waals surface area contributed by atoms with Gasteiger partial charge in [0.05, 0.1) is 11.3 Å². The molecule has 1 aliphatic rings. The monoisotopic (exact) mass is 187 g/mol. The molecule has 4 nitrogen and oxygen atoms in total. The second-order valence-corrected chi connectivity index (χ2v) is 4.34. The van der Waals surface area contributed by atoms with Crippen LogP contribution in [0.5, 0.6) is 0 Å². The lowest BCUT2D eigenvalue weighted by molar-refractivity contribution is -0.155. The van der Waals surface area contributed by atoms with E-state index in [4.69, 9.17) is 14.7 Å². The highest BCUT2D eigenvalue weighted by molar-refractivity contribution is 5.87. The first-order valence-electron chi connectivity index (χ1n) is 4.35. The highest BCUT2D eigenvalue weighted by Crippen LogP contribution is 2.36. The zero-order valence-corrected chi connectivity index (χ0v) is 8.79. The largest absolute Gasteiger partial charge is 0.411 e. The standard InChI is InChI=1S/C9H17NO3/c1-6(10-11)7-8(2,3)13-9(4,5)12-7/h7,11H,1-5H3. The molecule has 0 bridgehead atoms. The van der Waals surface area contributed by atoms with Crippen LogP contribution in [-0.4, -0.2) is 28.4 Å². The van der Waals surface area contributed by atoms with Crippen LogP contribution in [0.3, 0.4) is 0 Å². The average molecular weight is 187 g/mol. The Morgan fingerprint density at radius 1 is 1.31 bits per heavy atom. The van der Waals surface area contributed by atoms with Crippen LogP contribution in [0, 0.1) is 0 Å². The minimum Gasteiger partial charge on any atom is -0.411 e. The van der Waals surface area contributed by atoms with Crippen molar-refractivity contribution in [1.29, 1.82) is 0 Å². The molecule has 0 aliphatic carbocycles. The fourth-order valence-electron chi connectivity index (χ4n) is 1.78. The highest BCUT2D eigenvalue weighted by atomic mass is 16.8. The Balaban J connectivity index is 2.89. The minimum atomic E-state index is -0.611. The van der Waals surface area contributed by atoms with E-state index in [1.807, 2.05) is 27.7 Å². The molecule has 0 aromatic rings. The fourth-order valence-corrected chi connectivity index (χ4v) is 1.78. The van der Waals surface area contributed by atoms with Gasteiger partial charge < -0.3 is 14.7 Å². The van der Waals surface area contributed by atoms with Gasteiger partial charge in [-0.05, 0) is 34.6 Å². The van der Waals surface area contributed by atoms with E-state index >= 15 is 0 Å². The van der Waals surface area contributed by atoms with Crippen molar-refractivity contribution in [3.8, 4) is 0 Å². The number of nitrogens with zero attached hydrogens (tertiary/aromatic N) is 1. The third-order valence-electron chi connectivity index (χ3n) is 2.08. The molecule has 1 fully saturated rings.